The van der Waals surface area contributed by atoms with Crippen molar-refractivity contribution in [1.82, 2.24) is 24.5 Å². The summed E-state index contributed by atoms with van der Waals surface area (Å²) < 4.78 is 7.44. The average molecular weight is 267 g/mol. The zero-order valence-corrected chi connectivity index (χ0v) is 11.0. The van der Waals surface area contributed by atoms with Crippen molar-refractivity contribution >= 4 is 0 Å². The van der Waals surface area contributed by atoms with Gasteiger partial charge in [-0.2, -0.15) is 0 Å². The molecular formula is C14H13N5O. The van der Waals surface area contributed by atoms with E-state index >= 15 is 0 Å². The largest absolute Gasteiger partial charge is 0.468 e. The summed E-state index contributed by atoms with van der Waals surface area (Å²) in [6, 6.07) is 5.66. The lowest BCUT2D eigenvalue weighted by Crippen LogP contribution is -2.04. The number of aryl methyl sites for hydroxylation is 1. The first-order valence-corrected chi connectivity index (χ1v) is 6.15. The second-order valence-electron chi connectivity index (χ2n) is 4.20. The van der Waals surface area contributed by atoms with Crippen LogP contribution in [-0.2, 0) is 13.7 Å². The molecule has 0 saturated heterocycles. The smallest absolute Gasteiger partial charge is 0.232 e. The van der Waals surface area contributed by atoms with Gasteiger partial charge in [-0.3, -0.25) is 4.98 Å². The summed E-state index contributed by atoms with van der Waals surface area (Å²) in [5, 5.41) is 0. The van der Waals surface area contributed by atoms with E-state index in [1.54, 1.807) is 24.8 Å². The number of rotatable bonds is 4. The summed E-state index contributed by atoms with van der Waals surface area (Å²) in [5.41, 5.74) is 1.51. The summed E-state index contributed by atoms with van der Waals surface area (Å²) in [4.78, 5) is 16.9. The zero-order valence-electron chi connectivity index (χ0n) is 11.0. The van der Waals surface area contributed by atoms with Gasteiger partial charge in [-0.1, -0.05) is 6.07 Å². The third-order valence-electron chi connectivity index (χ3n) is 2.83. The van der Waals surface area contributed by atoms with E-state index in [-0.39, 0.29) is 0 Å². The Labute approximate surface area is 116 Å². The maximum Gasteiger partial charge on any atom is 0.232 e. The summed E-state index contributed by atoms with van der Waals surface area (Å²) in [7, 11) is 1.92. The highest BCUT2D eigenvalue weighted by Crippen LogP contribution is 2.14. The summed E-state index contributed by atoms with van der Waals surface area (Å²) in [6.07, 6.45) is 8.56. The number of hydrogen-bond donors (Lipinski definition) is 0. The summed E-state index contributed by atoms with van der Waals surface area (Å²) in [5.74, 6) is 1.30. The molecule has 0 spiro atoms. The standard InChI is InChI=1S/C14H13N5O/c1-19-7-6-16-13(19)10-20-14-9-17-12(8-18-14)11-4-2-3-5-15-11/h2-9H,10H2,1H3. The Hall–Kier alpha value is -2.76. The van der Waals surface area contributed by atoms with Crippen LogP contribution in [0.4, 0.5) is 0 Å². The Morgan fingerprint density at radius 1 is 1.00 bits per heavy atom. The molecule has 3 aromatic heterocycles. The van der Waals surface area contributed by atoms with Crippen LogP contribution in [0.2, 0.25) is 0 Å². The van der Waals surface area contributed by atoms with Crippen LogP contribution in [0.5, 0.6) is 5.88 Å². The fraction of sp³-hybridized carbons (Fsp3) is 0.143. The van der Waals surface area contributed by atoms with Gasteiger partial charge in [0.05, 0.1) is 18.1 Å². The van der Waals surface area contributed by atoms with Gasteiger partial charge >= 0.3 is 0 Å². The molecule has 3 aromatic rings. The first-order chi connectivity index (χ1) is 9.83. The quantitative estimate of drug-likeness (QED) is 0.721. The van der Waals surface area contributed by atoms with E-state index in [4.69, 9.17) is 4.74 Å². The highest BCUT2D eigenvalue weighted by Gasteiger charge is 2.04. The molecule has 0 N–H and O–H groups in total. The van der Waals surface area contributed by atoms with Crippen molar-refractivity contribution in [2.75, 3.05) is 0 Å². The van der Waals surface area contributed by atoms with Gasteiger partial charge in [-0.15, -0.1) is 0 Å². The van der Waals surface area contributed by atoms with Crippen molar-refractivity contribution in [3.63, 3.8) is 0 Å². The van der Waals surface area contributed by atoms with E-state index in [1.165, 1.54) is 0 Å². The molecule has 0 atom stereocenters. The van der Waals surface area contributed by atoms with E-state index in [9.17, 15) is 0 Å². The van der Waals surface area contributed by atoms with Crippen molar-refractivity contribution < 1.29 is 4.74 Å². The fourth-order valence-electron chi connectivity index (χ4n) is 1.71. The normalized spacial score (nSPS) is 10.4. The van der Waals surface area contributed by atoms with Crippen LogP contribution in [0, 0.1) is 0 Å². The molecule has 0 fully saturated rings. The third-order valence-corrected chi connectivity index (χ3v) is 2.83. The number of aromatic nitrogens is 5. The van der Waals surface area contributed by atoms with E-state index in [2.05, 4.69) is 19.9 Å². The SMILES string of the molecule is Cn1ccnc1COc1cnc(-c2ccccn2)cn1. The van der Waals surface area contributed by atoms with Crippen molar-refractivity contribution in [3.05, 3.63) is 55.0 Å². The lowest BCUT2D eigenvalue weighted by Gasteiger charge is -2.05. The number of imidazole rings is 1. The molecule has 0 radical (unpaired) electrons. The van der Waals surface area contributed by atoms with E-state index in [0.717, 1.165) is 17.2 Å². The van der Waals surface area contributed by atoms with Gasteiger partial charge in [0.15, 0.2) is 0 Å². The van der Waals surface area contributed by atoms with Crippen LogP contribution in [0.25, 0.3) is 11.4 Å². The monoisotopic (exact) mass is 267 g/mol. The number of ether oxygens (including phenoxy) is 1. The van der Waals surface area contributed by atoms with Crippen molar-refractivity contribution in [3.8, 4) is 17.3 Å². The van der Waals surface area contributed by atoms with Crippen molar-refractivity contribution in [2.45, 2.75) is 6.61 Å². The van der Waals surface area contributed by atoms with Crippen LogP contribution in [0.1, 0.15) is 5.82 Å². The van der Waals surface area contributed by atoms with Gasteiger partial charge < -0.3 is 9.30 Å². The Morgan fingerprint density at radius 2 is 1.95 bits per heavy atom. The molecular weight excluding hydrogens is 254 g/mol. The van der Waals surface area contributed by atoms with E-state index < -0.39 is 0 Å². The second kappa shape index (κ2) is 5.48. The molecule has 0 unspecified atom stereocenters. The minimum Gasteiger partial charge on any atom is -0.468 e. The molecule has 20 heavy (non-hydrogen) atoms. The molecule has 0 aliphatic rings. The Bertz CT molecular complexity index is 678. The maximum absolute atomic E-state index is 5.54. The van der Waals surface area contributed by atoms with Gasteiger partial charge in [0.2, 0.25) is 5.88 Å². The lowest BCUT2D eigenvalue weighted by molar-refractivity contribution is 0.279. The van der Waals surface area contributed by atoms with Crippen LogP contribution < -0.4 is 4.74 Å². The summed E-state index contributed by atoms with van der Waals surface area (Å²) >= 11 is 0. The average Bonchev–Trinajstić information content (AvgIpc) is 2.92. The molecule has 0 saturated carbocycles. The fourth-order valence-corrected chi connectivity index (χ4v) is 1.71. The predicted octanol–water partition coefficient (Wildman–Crippen LogP) is 1.85. The molecule has 3 heterocycles. The van der Waals surface area contributed by atoms with Gasteiger partial charge in [0, 0.05) is 25.6 Å². The van der Waals surface area contributed by atoms with Crippen LogP contribution >= 0.6 is 0 Å². The van der Waals surface area contributed by atoms with Gasteiger partial charge in [-0.05, 0) is 12.1 Å². The topological polar surface area (TPSA) is 65.7 Å². The molecule has 100 valence electrons. The molecule has 3 rings (SSSR count). The highest BCUT2D eigenvalue weighted by atomic mass is 16.5. The Morgan fingerprint density at radius 3 is 2.60 bits per heavy atom. The molecule has 0 amide bonds. The van der Waals surface area contributed by atoms with Crippen LogP contribution in [0.3, 0.4) is 0 Å². The third kappa shape index (κ3) is 2.64. The highest BCUT2D eigenvalue weighted by molar-refractivity contribution is 5.51. The first kappa shape index (κ1) is 12.3. The Kier molecular flexibility index (Phi) is 3.36. The van der Waals surface area contributed by atoms with Gasteiger partial charge in [-0.25, -0.2) is 15.0 Å². The molecule has 6 heteroatoms. The van der Waals surface area contributed by atoms with Crippen LogP contribution in [-0.4, -0.2) is 24.5 Å². The van der Waals surface area contributed by atoms with Gasteiger partial charge in [0.25, 0.3) is 0 Å². The molecule has 0 aromatic carbocycles. The van der Waals surface area contributed by atoms with Gasteiger partial charge in [0.1, 0.15) is 18.1 Å². The van der Waals surface area contributed by atoms with Crippen molar-refractivity contribution in [1.29, 1.82) is 0 Å². The van der Waals surface area contributed by atoms with Crippen molar-refractivity contribution in [2.24, 2.45) is 7.05 Å². The number of nitrogens with zero attached hydrogens (tertiary/aromatic N) is 5. The second-order valence-corrected chi connectivity index (χ2v) is 4.20. The van der Waals surface area contributed by atoms with Crippen LogP contribution in [0.15, 0.2) is 49.2 Å². The number of pyridine rings is 1. The minimum absolute atomic E-state index is 0.362. The molecule has 6 nitrogen and oxygen atoms in total. The first-order valence-electron chi connectivity index (χ1n) is 6.15. The molecule has 0 bridgehead atoms. The molecule has 0 aliphatic carbocycles. The Balaban J connectivity index is 1.69. The predicted molar refractivity (Wildman–Crippen MR) is 72.8 cm³/mol. The van der Waals surface area contributed by atoms with E-state index in [1.807, 2.05) is 36.0 Å². The maximum atomic E-state index is 5.54. The number of hydrogen-bond acceptors (Lipinski definition) is 5. The summed E-state index contributed by atoms with van der Waals surface area (Å²) in [6.45, 7) is 0.362. The lowest BCUT2D eigenvalue weighted by atomic mass is 10.3. The van der Waals surface area contributed by atoms with E-state index in [0.29, 0.717) is 12.5 Å². The molecule has 0 aliphatic heterocycles. The minimum atomic E-state index is 0.362. The zero-order chi connectivity index (χ0) is 13.8.